The molecule has 0 N–H and O–H groups in total. The van der Waals surface area contributed by atoms with E-state index >= 15 is 0 Å². The topological polar surface area (TPSA) is 29.5 Å². The second-order valence-corrected chi connectivity index (χ2v) is 6.72. The van der Waals surface area contributed by atoms with E-state index in [9.17, 15) is 4.79 Å². The van der Waals surface area contributed by atoms with Crippen molar-refractivity contribution in [3.05, 3.63) is 35.9 Å². The summed E-state index contributed by atoms with van der Waals surface area (Å²) in [5.41, 5.74) is 1.38. The first kappa shape index (κ1) is 15.5. The molecule has 1 aromatic carbocycles. The normalized spacial score (nSPS) is 25.3. The van der Waals surface area contributed by atoms with E-state index in [2.05, 4.69) is 35.2 Å². The molecular weight excluding hydrogens is 274 g/mol. The number of rotatable bonds is 3. The summed E-state index contributed by atoms with van der Waals surface area (Å²) in [5.74, 6) is 0.748. The van der Waals surface area contributed by atoms with E-state index in [4.69, 9.17) is 4.74 Å². The Bertz CT molecular complexity index is 466. The van der Waals surface area contributed by atoms with Gasteiger partial charge in [0.1, 0.15) is 0 Å². The van der Waals surface area contributed by atoms with Crippen LogP contribution < -0.4 is 0 Å². The highest BCUT2D eigenvalue weighted by Crippen LogP contribution is 2.31. The Morgan fingerprint density at radius 2 is 1.77 bits per heavy atom. The third-order valence-electron chi connectivity index (χ3n) is 5.16. The Labute approximate surface area is 133 Å². The molecule has 0 aromatic heterocycles. The lowest BCUT2D eigenvalue weighted by molar-refractivity contribution is -0.152. The highest BCUT2D eigenvalue weighted by molar-refractivity contribution is 5.72. The first-order valence-corrected chi connectivity index (χ1v) is 8.76. The molecule has 0 saturated carbocycles. The number of hydrogen-bond acceptors (Lipinski definition) is 3. The molecule has 0 bridgehead atoms. The van der Waals surface area contributed by atoms with E-state index in [-0.39, 0.29) is 11.9 Å². The summed E-state index contributed by atoms with van der Waals surface area (Å²) in [7, 11) is 0. The molecule has 1 unspecified atom stereocenters. The summed E-state index contributed by atoms with van der Waals surface area (Å²) >= 11 is 0. The van der Waals surface area contributed by atoms with Crippen LogP contribution in [0, 0.1) is 11.8 Å². The molecule has 2 aliphatic heterocycles. The van der Waals surface area contributed by atoms with Crippen molar-refractivity contribution in [2.24, 2.45) is 11.8 Å². The minimum atomic E-state index is 0.0706. The average Bonchev–Trinajstić information content (AvgIpc) is 2.54. The molecule has 1 atom stereocenters. The van der Waals surface area contributed by atoms with Crippen LogP contribution in [0.15, 0.2) is 30.3 Å². The van der Waals surface area contributed by atoms with Gasteiger partial charge in [0, 0.05) is 6.54 Å². The number of esters is 1. The van der Waals surface area contributed by atoms with Gasteiger partial charge in [-0.3, -0.25) is 9.69 Å². The number of benzene rings is 1. The minimum absolute atomic E-state index is 0.0706. The summed E-state index contributed by atoms with van der Waals surface area (Å²) in [5, 5.41) is 0. The van der Waals surface area contributed by atoms with Gasteiger partial charge < -0.3 is 4.74 Å². The molecule has 3 nitrogen and oxygen atoms in total. The molecule has 1 aromatic rings. The van der Waals surface area contributed by atoms with Gasteiger partial charge in [-0.05, 0) is 50.3 Å². The molecule has 2 fully saturated rings. The number of cyclic esters (lactones) is 1. The Kier molecular flexibility index (Phi) is 5.49. The maximum atomic E-state index is 12.2. The number of piperidine rings is 1. The van der Waals surface area contributed by atoms with Crippen LogP contribution in [0.1, 0.15) is 44.1 Å². The molecule has 3 heteroatoms. The molecular formula is C19H27NO2. The van der Waals surface area contributed by atoms with E-state index in [0.717, 1.165) is 45.3 Å². The van der Waals surface area contributed by atoms with Gasteiger partial charge in [0.05, 0.1) is 12.5 Å². The van der Waals surface area contributed by atoms with Gasteiger partial charge in [-0.1, -0.05) is 43.2 Å². The summed E-state index contributed by atoms with van der Waals surface area (Å²) in [4.78, 5) is 14.7. The SMILES string of the molecule is O=C1OCCCCCC1C1CCN(Cc2ccccc2)CC1. The van der Waals surface area contributed by atoms with Crippen molar-refractivity contribution < 1.29 is 9.53 Å². The second-order valence-electron chi connectivity index (χ2n) is 6.72. The fourth-order valence-electron chi connectivity index (χ4n) is 3.82. The third kappa shape index (κ3) is 4.10. The van der Waals surface area contributed by atoms with E-state index in [1.807, 2.05) is 0 Å². The highest BCUT2D eigenvalue weighted by Gasteiger charge is 2.32. The van der Waals surface area contributed by atoms with Crippen LogP contribution in [0.2, 0.25) is 0 Å². The lowest BCUT2D eigenvalue weighted by Crippen LogP contribution is -2.38. The molecule has 0 aliphatic carbocycles. The Balaban J connectivity index is 1.51. The molecule has 0 spiro atoms. The van der Waals surface area contributed by atoms with Gasteiger partial charge in [-0.2, -0.15) is 0 Å². The quantitative estimate of drug-likeness (QED) is 0.798. The van der Waals surface area contributed by atoms with Crippen LogP contribution in [0.5, 0.6) is 0 Å². The fraction of sp³-hybridized carbons (Fsp3) is 0.632. The van der Waals surface area contributed by atoms with Crippen molar-refractivity contribution in [3.63, 3.8) is 0 Å². The smallest absolute Gasteiger partial charge is 0.309 e. The number of hydrogen-bond donors (Lipinski definition) is 0. The zero-order valence-electron chi connectivity index (χ0n) is 13.4. The summed E-state index contributed by atoms with van der Waals surface area (Å²) < 4.78 is 5.42. The maximum Gasteiger partial charge on any atom is 0.309 e. The average molecular weight is 301 g/mol. The van der Waals surface area contributed by atoms with Crippen LogP contribution in [0.25, 0.3) is 0 Å². The van der Waals surface area contributed by atoms with Gasteiger partial charge in [0.25, 0.3) is 0 Å². The number of ether oxygens (including phenoxy) is 1. The first-order chi connectivity index (χ1) is 10.8. The Hall–Kier alpha value is -1.35. The maximum absolute atomic E-state index is 12.2. The second kappa shape index (κ2) is 7.77. The number of nitrogens with zero attached hydrogens (tertiary/aromatic N) is 1. The largest absolute Gasteiger partial charge is 0.465 e. The summed E-state index contributed by atoms with van der Waals surface area (Å²) in [6.07, 6.45) is 6.72. The minimum Gasteiger partial charge on any atom is -0.465 e. The van der Waals surface area contributed by atoms with Crippen molar-refractivity contribution in [2.75, 3.05) is 19.7 Å². The standard InChI is InChI=1S/C19H27NO2/c21-19-18(9-5-2-6-14-22-19)17-10-12-20(13-11-17)15-16-7-3-1-4-8-16/h1,3-4,7-8,17-18H,2,5-6,9-15H2. The number of likely N-dealkylation sites (tertiary alicyclic amines) is 1. The summed E-state index contributed by atoms with van der Waals surface area (Å²) in [6.45, 7) is 3.86. The van der Waals surface area contributed by atoms with Crippen molar-refractivity contribution in [1.82, 2.24) is 4.90 Å². The van der Waals surface area contributed by atoms with Crippen molar-refractivity contribution in [2.45, 2.75) is 45.1 Å². The lowest BCUT2D eigenvalue weighted by atomic mass is 9.81. The van der Waals surface area contributed by atoms with Gasteiger partial charge in [-0.15, -0.1) is 0 Å². The van der Waals surface area contributed by atoms with Gasteiger partial charge in [0.15, 0.2) is 0 Å². The third-order valence-corrected chi connectivity index (χ3v) is 5.16. The summed E-state index contributed by atoms with van der Waals surface area (Å²) in [6, 6.07) is 10.7. The van der Waals surface area contributed by atoms with Gasteiger partial charge in [-0.25, -0.2) is 0 Å². The predicted octanol–water partition coefficient (Wildman–Crippen LogP) is 3.63. The Morgan fingerprint density at radius 3 is 2.55 bits per heavy atom. The highest BCUT2D eigenvalue weighted by atomic mass is 16.5. The molecule has 120 valence electrons. The van der Waals surface area contributed by atoms with Crippen LogP contribution in [-0.2, 0) is 16.1 Å². The van der Waals surface area contributed by atoms with Crippen LogP contribution >= 0.6 is 0 Å². The molecule has 2 aliphatic rings. The van der Waals surface area contributed by atoms with Crippen LogP contribution in [0.4, 0.5) is 0 Å². The number of carbonyl (C=O) groups is 1. The van der Waals surface area contributed by atoms with Crippen molar-refractivity contribution in [1.29, 1.82) is 0 Å². The van der Waals surface area contributed by atoms with Crippen LogP contribution in [0.3, 0.4) is 0 Å². The van der Waals surface area contributed by atoms with E-state index < -0.39 is 0 Å². The number of carbonyl (C=O) groups excluding carboxylic acids is 1. The van der Waals surface area contributed by atoms with Crippen LogP contribution in [-0.4, -0.2) is 30.6 Å². The van der Waals surface area contributed by atoms with E-state index in [0.29, 0.717) is 12.5 Å². The molecule has 2 heterocycles. The Morgan fingerprint density at radius 1 is 1.00 bits per heavy atom. The molecule has 3 rings (SSSR count). The van der Waals surface area contributed by atoms with Gasteiger partial charge in [0.2, 0.25) is 0 Å². The van der Waals surface area contributed by atoms with Gasteiger partial charge >= 0.3 is 5.97 Å². The van der Waals surface area contributed by atoms with Crippen molar-refractivity contribution >= 4 is 5.97 Å². The first-order valence-electron chi connectivity index (χ1n) is 8.76. The molecule has 0 amide bonds. The predicted molar refractivity (Wildman–Crippen MR) is 87.4 cm³/mol. The van der Waals surface area contributed by atoms with E-state index in [1.54, 1.807) is 0 Å². The zero-order chi connectivity index (χ0) is 15.2. The van der Waals surface area contributed by atoms with Crippen molar-refractivity contribution in [3.8, 4) is 0 Å². The van der Waals surface area contributed by atoms with E-state index in [1.165, 1.54) is 18.4 Å². The lowest BCUT2D eigenvalue weighted by Gasteiger charge is -2.35. The molecule has 2 saturated heterocycles. The monoisotopic (exact) mass is 301 g/mol. The fourth-order valence-corrected chi connectivity index (χ4v) is 3.82. The molecule has 0 radical (unpaired) electrons. The molecule has 22 heavy (non-hydrogen) atoms. The zero-order valence-corrected chi connectivity index (χ0v) is 13.4.